The SMILES string of the molecule is C#Cc1ccc(C(=O)C[C@@H]2CCC[C@H](n3c(-c4c(O)cccc4F)nc4cc(C(=O)CC)ccc43)C2)s1. The van der Waals surface area contributed by atoms with Crippen molar-refractivity contribution in [2.45, 2.75) is 51.5 Å². The van der Waals surface area contributed by atoms with E-state index in [-0.39, 0.29) is 34.8 Å². The number of hydrogen-bond donors (Lipinski definition) is 1. The normalized spacial score (nSPS) is 17.5. The minimum Gasteiger partial charge on any atom is -0.507 e. The molecule has 7 heteroatoms. The van der Waals surface area contributed by atoms with E-state index < -0.39 is 5.82 Å². The second kappa shape index (κ2) is 10.3. The quantitative estimate of drug-likeness (QED) is 0.209. The van der Waals surface area contributed by atoms with E-state index in [0.717, 1.165) is 36.1 Å². The highest BCUT2D eigenvalue weighted by molar-refractivity contribution is 7.14. The van der Waals surface area contributed by atoms with E-state index in [0.29, 0.717) is 34.6 Å². The van der Waals surface area contributed by atoms with Crippen molar-refractivity contribution >= 4 is 33.9 Å². The minimum absolute atomic E-state index is 0.00421. The van der Waals surface area contributed by atoms with Crippen LogP contribution in [-0.4, -0.2) is 26.2 Å². The molecule has 0 radical (unpaired) electrons. The largest absolute Gasteiger partial charge is 0.507 e. The number of halogens is 1. The molecular weight excluding hydrogens is 487 g/mol. The van der Waals surface area contributed by atoms with Crippen LogP contribution in [0.15, 0.2) is 48.5 Å². The van der Waals surface area contributed by atoms with Crippen molar-refractivity contribution in [2.75, 3.05) is 0 Å². The highest BCUT2D eigenvalue weighted by Gasteiger charge is 2.30. The van der Waals surface area contributed by atoms with Crippen LogP contribution in [0.4, 0.5) is 4.39 Å². The Morgan fingerprint density at radius 1 is 1.19 bits per heavy atom. The van der Waals surface area contributed by atoms with Gasteiger partial charge < -0.3 is 9.67 Å². The summed E-state index contributed by atoms with van der Waals surface area (Å²) in [5.41, 5.74) is 1.95. The third kappa shape index (κ3) is 4.82. The van der Waals surface area contributed by atoms with Crippen LogP contribution in [0.5, 0.6) is 5.75 Å². The molecule has 1 aliphatic rings. The maximum Gasteiger partial charge on any atom is 0.173 e. The molecule has 37 heavy (non-hydrogen) atoms. The number of terminal acetylenes is 1. The van der Waals surface area contributed by atoms with Gasteiger partial charge in [-0.25, -0.2) is 9.37 Å². The van der Waals surface area contributed by atoms with Crippen LogP contribution in [0.25, 0.3) is 22.4 Å². The summed E-state index contributed by atoms with van der Waals surface area (Å²) < 4.78 is 17.0. The van der Waals surface area contributed by atoms with Gasteiger partial charge in [-0.2, -0.15) is 0 Å². The first-order valence-corrected chi connectivity index (χ1v) is 13.3. The zero-order chi connectivity index (χ0) is 26.1. The van der Waals surface area contributed by atoms with Gasteiger partial charge in [0.05, 0.1) is 26.4 Å². The first-order valence-electron chi connectivity index (χ1n) is 12.5. The first kappa shape index (κ1) is 24.9. The van der Waals surface area contributed by atoms with Crippen molar-refractivity contribution in [1.82, 2.24) is 9.55 Å². The van der Waals surface area contributed by atoms with Gasteiger partial charge in [0.15, 0.2) is 11.6 Å². The number of aromatic nitrogens is 2. The van der Waals surface area contributed by atoms with Gasteiger partial charge in [-0.15, -0.1) is 17.8 Å². The molecule has 0 saturated heterocycles. The summed E-state index contributed by atoms with van der Waals surface area (Å²) >= 11 is 1.34. The molecule has 188 valence electrons. The zero-order valence-electron chi connectivity index (χ0n) is 20.5. The Labute approximate surface area is 219 Å². The number of hydrogen-bond acceptors (Lipinski definition) is 5. The van der Waals surface area contributed by atoms with E-state index in [1.54, 1.807) is 31.2 Å². The fraction of sp³-hybridized carbons (Fsp3) is 0.300. The molecule has 5 nitrogen and oxygen atoms in total. The van der Waals surface area contributed by atoms with Gasteiger partial charge in [0.25, 0.3) is 0 Å². The molecule has 2 aromatic carbocycles. The predicted molar refractivity (Wildman–Crippen MR) is 144 cm³/mol. The number of imidazole rings is 1. The number of ketones is 2. The monoisotopic (exact) mass is 514 g/mol. The van der Waals surface area contributed by atoms with Crippen LogP contribution in [0.2, 0.25) is 0 Å². The lowest BCUT2D eigenvalue weighted by atomic mass is 9.82. The van der Waals surface area contributed by atoms with Crippen LogP contribution in [0.3, 0.4) is 0 Å². The van der Waals surface area contributed by atoms with Gasteiger partial charge in [-0.3, -0.25) is 9.59 Å². The van der Waals surface area contributed by atoms with Crippen molar-refractivity contribution in [2.24, 2.45) is 5.92 Å². The Balaban J connectivity index is 1.53. The summed E-state index contributed by atoms with van der Waals surface area (Å²) in [6.45, 7) is 1.81. The number of thiophene rings is 1. The minimum atomic E-state index is -0.564. The molecule has 1 N–H and O–H groups in total. The average molecular weight is 515 g/mol. The number of nitrogens with zero attached hydrogens (tertiary/aromatic N) is 2. The smallest absolute Gasteiger partial charge is 0.173 e. The molecule has 2 heterocycles. The van der Waals surface area contributed by atoms with Gasteiger partial charge in [0, 0.05) is 24.4 Å². The van der Waals surface area contributed by atoms with Crippen LogP contribution >= 0.6 is 11.3 Å². The summed E-state index contributed by atoms with van der Waals surface area (Å²) in [6, 6.07) is 13.1. The van der Waals surface area contributed by atoms with Gasteiger partial charge in [-0.1, -0.05) is 25.3 Å². The molecule has 2 atom stereocenters. The third-order valence-electron chi connectivity index (χ3n) is 7.17. The predicted octanol–water partition coefficient (Wildman–Crippen LogP) is 7.19. The first-order chi connectivity index (χ1) is 17.9. The van der Waals surface area contributed by atoms with Gasteiger partial charge in [0.2, 0.25) is 0 Å². The molecule has 2 aromatic heterocycles. The molecule has 4 aromatic rings. The molecular formula is C30H27FN2O3S. The lowest BCUT2D eigenvalue weighted by molar-refractivity contribution is 0.0944. The Hall–Kier alpha value is -3.76. The topological polar surface area (TPSA) is 72.2 Å². The maximum atomic E-state index is 15.0. The highest BCUT2D eigenvalue weighted by atomic mass is 32.1. The van der Waals surface area contributed by atoms with Crippen molar-refractivity contribution in [3.8, 4) is 29.5 Å². The average Bonchev–Trinajstić information content (AvgIpc) is 3.53. The second-order valence-electron chi connectivity index (χ2n) is 9.54. The second-order valence-corrected chi connectivity index (χ2v) is 10.6. The van der Waals surface area contributed by atoms with Gasteiger partial charge >= 0.3 is 0 Å². The molecule has 0 spiro atoms. The van der Waals surface area contributed by atoms with Gasteiger partial charge in [0.1, 0.15) is 17.4 Å². The van der Waals surface area contributed by atoms with Gasteiger partial charge in [-0.05, 0) is 67.6 Å². The summed E-state index contributed by atoms with van der Waals surface area (Å²) in [5, 5.41) is 10.6. The van der Waals surface area contributed by atoms with E-state index in [2.05, 4.69) is 5.92 Å². The Bertz CT molecular complexity index is 1520. The molecule has 1 aliphatic carbocycles. The number of rotatable bonds is 7. The van der Waals surface area contributed by atoms with Crippen LogP contribution in [0.1, 0.15) is 76.4 Å². The van der Waals surface area contributed by atoms with Crippen molar-refractivity contribution in [3.05, 3.63) is 69.7 Å². The van der Waals surface area contributed by atoms with Crippen molar-refractivity contribution in [3.63, 3.8) is 0 Å². The Morgan fingerprint density at radius 3 is 2.76 bits per heavy atom. The van der Waals surface area contributed by atoms with E-state index in [4.69, 9.17) is 11.4 Å². The number of carbonyl (C=O) groups excluding carboxylic acids is 2. The number of carbonyl (C=O) groups is 2. The van der Waals surface area contributed by atoms with Crippen molar-refractivity contribution < 1.29 is 19.1 Å². The van der Waals surface area contributed by atoms with Crippen molar-refractivity contribution in [1.29, 1.82) is 0 Å². The Morgan fingerprint density at radius 2 is 2.03 bits per heavy atom. The van der Waals surface area contributed by atoms with E-state index >= 15 is 4.39 Å². The fourth-order valence-electron chi connectivity index (χ4n) is 5.37. The van der Waals surface area contributed by atoms with E-state index in [1.165, 1.54) is 29.5 Å². The fourth-order valence-corrected chi connectivity index (χ4v) is 6.13. The van der Waals surface area contributed by atoms with E-state index in [9.17, 15) is 14.7 Å². The Kier molecular flexibility index (Phi) is 6.94. The number of fused-ring (bicyclic) bond motifs is 1. The summed E-state index contributed by atoms with van der Waals surface area (Å²) in [7, 11) is 0. The van der Waals surface area contributed by atoms with Crippen LogP contribution < -0.4 is 0 Å². The summed E-state index contributed by atoms with van der Waals surface area (Å²) in [4.78, 5) is 31.4. The summed E-state index contributed by atoms with van der Waals surface area (Å²) in [5.74, 6) is 2.40. The zero-order valence-corrected chi connectivity index (χ0v) is 21.4. The number of aromatic hydroxyl groups is 1. The lowest BCUT2D eigenvalue weighted by Crippen LogP contribution is -2.22. The van der Waals surface area contributed by atoms with Crippen LogP contribution in [0, 0.1) is 24.1 Å². The molecule has 0 amide bonds. The number of Topliss-reactive ketones (excluding diaryl/α,β-unsaturated/α-hetero) is 2. The lowest BCUT2D eigenvalue weighted by Gasteiger charge is -2.31. The molecule has 0 aliphatic heterocycles. The molecule has 0 unspecified atom stereocenters. The number of benzene rings is 2. The summed E-state index contributed by atoms with van der Waals surface area (Å²) in [6.07, 6.45) is 9.66. The number of phenolic OH excluding ortho intramolecular Hbond substituents is 1. The molecule has 1 fully saturated rings. The maximum absolute atomic E-state index is 15.0. The third-order valence-corrected chi connectivity index (χ3v) is 8.22. The standard InChI is InChI=1S/C30H27FN2O3S/c1-3-21-12-14-28(37-21)27(36)16-18-7-5-8-20(15-18)33-24-13-11-19(25(34)4-2)17-23(24)32-30(33)29-22(31)9-6-10-26(29)35/h1,6,9-14,17-18,20,35H,4-5,7-8,15-16H2,2H3/t18-,20+/m1/s1. The molecule has 5 rings (SSSR count). The molecule has 1 saturated carbocycles. The van der Waals surface area contributed by atoms with Crippen LogP contribution in [-0.2, 0) is 0 Å². The number of phenols is 1. The highest BCUT2D eigenvalue weighted by Crippen LogP contribution is 2.42. The molecule has 0 bridgehead atoms. The van der Waals surface area contributed by atoms with E-state index in [1.807, 2.05) is 10.6 Å².